The molecule has 0 spiro atoms. The third-order valence-electron chi connectivity index (χ3n) is 4.42. The molecule has 2 aliphatic rings. The van der Waals surface area contributed by atoms with Crippen molar-refractivity contribution in [1.82, 2.24) is 4.90 Å². The molecule has 1 aromatic rings. The van der Waals surface area contributed by atoms with Crippen LogP contribution in [0.4, 0.5) is 4.79 Å². The second-order valence-corrected chi connectivity index (χ2v) is 5.60. The lowest BCUT2D eigenvalue weighted by atomic mass is 9.86. The van der Waals surface area contributed by atoms with Gasteiger partial charge in [-0.1, -0.05) is 30.3 Å². The molecule has 2 bridgehead atoms. The van der Waals surface area contributed by atoms with E-state index < -0.39 is 6.09 Å². The largest absolute Gasteiger partial charge is 0.465 e. The molecular weight excluding hydrogens is 226 g/mol. The topological polar surface area (TPSA) is 40.5 Å². The van der Waals surface area contributed by atoms with Crippen molar-refractivity contribution in [2.75, 3.05) is 0 Å². The quantitative estimate of drug-likeness (QED) is 0.869. The first kappa shape index (κ1) is 11.6. The summed E-state index contributed by atoms with van der Waals surface area (Å²) < 4.78 is 0. The molecule has 1 amide bonds. The first-order valence-electron chi connectivity index (χ1n) is 6.79. The van der Waals surface area contributed by atoms with E-state index in [1.165, 1.54) is 5.56 Å². The van der Waals surface area contributed by atoms with Gasteiger partial charge in [-0.25, -0.2) is 4.79 Å². The number of nitrogens with zero attached hydrogens (tertiary/aromatic N) is 1. The van der Waals surface area contributed by atoms with Crippen LogP contribution in [0.25, 0.3) is 0 Å². The Bertz CT molecular complexity index is 417. The van der Waals surface area contributed by atoms with Gasteiger partial charge in [-0.3, -0.25) is 0 Å². The van der Waals surface area contributed by atoms with Crippen molar-refractivity contribution in [3.05, 3.63) is 35.9 Å². The van der Waals surface area contributed by atoms with E-state index in [4.69, 9.17) is 0 Å². The number of benzene rings is 1. The lowest BCUT2D eigenvalue weighted by Crippen LogP contribution is -2.46. The molecule has 18 heavy (non-hydrogen) atoms. The highest BCUT2D eigenvalue weighted by Crippen LogP contribution is 2.39. The number of amides is 1. The summed E-state index contributed by atoms with van der Waals surface area (Å²) in [5.41, 5.74) is 1.38. The fourth-order valence-electron chi connectivity index (χ4n) is 3.72. The summed E-state index contributed by atoms with van der Waals surface area (Å²) in [5, 5.41) is 9.22. The van der Waals surface area contributed by atoms with Crippen LogP contribution in [-0.2, 0) is 6.42 Å². The Morgan fingerprint density at radius 3 is 2.33 bits per heavy atom. The predicted octanol–water partition coefficient (Wildman–Crippen LogP) is 3.15. The summed E-state index contributed by atoms with van der Waals surface area (Å²) >= 11 is 0. The highest BCUT2D eigenvalue weighted by Gasteiger charge is 2.43. The first-order chi connectivity index (χ1) is 8.74. The summed E-state index contributed by atoms with van der Waals surface area (Å²) in [6.45, 7) is 0. The Labute approximate surface area is 107 Å². The van der Waals surface area contributed by atoms with Gasteiger partial charge in [0.2, 0.25) is 0 Å². The molecule has 0 saturated carbocycles. The molecule has 3 heteroatoms. The van der Waals surface area contributed by atoms with E-state index in [0.717, 1.165) is 32.1 Å². The Morgan fingerprint density at radius 1 is 1.17 bits per heavy atom. The molecule has 3 rings (SSSR count). The third-order valence-corrected chi connectivity index (χ3v) is 4.42. The van der Waals surface area contributed by atoms with Crippen molar-refractivity contribution in [2.45, 2.75) is 44.2 Å². The maximum atomic E-state index is 11.2. The zero-order valence-electron chi connectivity index (χ0n) is 10.5. The van der Waals surface area contributed by atoms with Crippen molar-refractivity contribution in [3.63, 3.8) is 0 Å². The summed E-state index contributed by atoms with van der Waals surface area (Å²) in [6, 6.07) is 11.1. The van der Waals surface area contributed by atoms with Crippen LogP contribution in [-0.4, -0.2) is 28.2 Å². The SMILES string of the molecule is O=C(O)N1C2CC[C@H]1CC(Cc1ccccc1)C2. The maximum Gasteiger partial charge on any atom is 0.407 e. The predicted molar refractivity (Wildman–Crippen MR) is 69.5 cm³/mol. The van der Waals surface area contributed by atoms with Crippen LogP contribution in [0.1, 0.15) is 31.2 Å². The monoisotopic (exact) mass is 245 g/mol. The van der Waals surface area contributed by atoms with Gasteiger partial charge in [0, 0.05) is 12.1 Å². The number of carbonyl (C=O) groups is 1. The lowest BCUT2D eigenvalue weighted by Gasteiger charge is -2.37. The van der Waals surface area contributed by atoms with E-state index in [0.29, 0.717) is 5.92 Å². The minimum atomic E-state index is -0.722. The number of hydrogen-bond donors (Lipinski definition) is 1. The number of carboxylic acid groups (broad SMARTS) is 1. The van der Waals surface area contributed by atoms with Gasteiger partial charge in [0.1, 0.15) is 0 Å². The van der Waals surface area contributed by atoms with Crippen LogP contribution in [0.15, 0.2) is 30.3 Å². The average molecular weight is 245 g/mol. The summed E-state index contributed by atoms with van der Waals surface area (Å²) in [6.07, 6.45) is 4.57. The number of hydrogen-bond acceptors (Lipinski definition) is 1. The molecule has 2 aliphatic heterocycles. The minimum Gasteiger partial charge on any atom is -0.465 e. The van der Waals surface area contributed by atoms with E-state index in [9.17, 15) is 9.90 Å². The lowest BCUT2D eigenvalue weighted by molar-refractivity contribution is 0.0850. The van der Waals surface area contributed by atoms with Gasteiger partial charge in [0.15, 0.2) is 0 Å². The van der Waals surface area contributed by atoms with Gasteiger partial charge < -0.3 is 10.0 Å². The van der Waals surface area contributed by atoms with E-state index >= 15 is 0 Å². The second-order valence-electron chi connectivity index (χ2n) is 5.60. The van der Waals surface area contributed by atoms with Crippen LogP contribution in [0, 0.1) is 5.92 Å². The Morgan fingerprint density at radius 2 is 1.78 bits per heavy atom. The van der Waals surface area contributed by atoms with Crippen LogP contribution in [0.5, 0.6) is 0 Å². The molecule has 2 saturated heterocycles. The van der Waals surface area contributed by atoms with Crippen molar-refractivity contribution in [3.8, 4) is 0 Å². The molecule has 1 aromatic carbocycles. The van der Waals surface area contributed by atoms with Gasteiger partial charge in [0.05, 0.1) is 0 Å². The van der Waals surface area contributed by atoms with E-state index in [2.05, 4.69) is 24.3 Å². The highest BCUT2D eigenvalue weighted by molar-refractivity contribution is 5.66. The average Bonchev–Trinajstić information content (AvgIpc) is 2.63. The standard InChI is InChI=1S/C15H19NO2/c17-15(18)16-13-6-7-14(16)10-12(9-13)8-11-4-2-1-3-5-11/h1-5,12-14H,6-10H2,(H,17,18)/t12?,13-,14?/m0/s1. The molecule has 2 heterocycles. The van der Waals surface area contributed by atoms with E-state index in [1.807, 2.05) is 6.07 Å². The summed E-state index contributed by atoms with van der Waals surface area (Å²) in [4.78, 5) is 12.9. The fourth-order valence-corrected chi connectivity index (χ4v) is 3.72. The van der Waals surface area contributed by atoms with E-state index in [1.54, 1.807) is 4.90 Å². The van der Waals surface area contributed by atoms with Gasteiger partial charge in [0.25, 0.3) is 0 Å². The van der Waals surface area contributed by atoms with E-state index in [-0.39, 0.29) is 12.1 Å². The zero-order valence-corrected chi connectivity index (χ0v) is 10.5. The molecule has 96 valence electrons. The summed E-state index contributed by atoms with van der Waals surface area (Å²) in [5.74, 6) is 0.653. The highest BCUT2D eigenvalue weighted by atomic mass is 16.4. The minimum absolute atomic E-state index is 0.273. The molecule has 3 atom stereocenters. The smallest absolute Gasteiger partial charge is 0.407 e. The molecule has 3 nitrogen and oxygen atoms in total. The molecule has 2 unspecified atom stereocenters. The molecule has 2 fully saturated rings. The van der Waals surface area contributed by atoms with Crippen molar-refractivity contribution in [2.24, 2.45) is 5.92 Å². The van der Waals surface area contributed by atoms with Crippen LogP contribution >= 0.6 is 0 Å². The third kappa shape index (κ3) is 2.09. The zero-order chi connectivity index (χ0) is 12.5. The first-order valence-corrected chi connectivity index (χ1v) is 6.79. The van der Waals surface area contributed by atoms with Crippen LogP contribution in [0.3, 0.4) is 0 Å². The van der Waals surface area contributed by atoms with Crippen molar-refractivity contribution >= 4 is 6.09 Å². The Balaban J connectivity index is 1.67. The maximum absolute atomic E-state index is 11.2. The Hall–Kier alpha value is -1.51. The van der Waals surface area contributed by atoms with Crippen LogP contribution < -0.4 is 0 Å². The van der Waals surface area contributed by atoms with Gasteiger partial charge in [-0.05, 0) is 43.6 Å². The number of rotatable bonds is 2. The second kappa shape index (κ2) is 4.63. The summed E-state index contributed by atoms with van der Waals surface area (Å²) in [7, 11) is 0. The normalized spacial score (nSPS) is 30.4. The van der Waals surface area contributed by atoms with Crippen molar-refractivity contribution < 1.29 is 9.90 Å². The molecular formula is C15H19NO2. The molecule has 1 N–H and O–H groups in total. The molecule has 0 radical (unpaired) electrons. The number of piperidine rings is 1. The van der Waals surface area contributed by atoms with Crippen molar-refractivity contribution in [1.29, 1.82) is 0 Å². The number of fused-ring (bicyclic) bond motifs is 2. The fraction of sp³-hybridized carbons (Fsp3) is 0.533. The van der Waals surface area contributed by atoms with Crippen LogP contribution in [0.2, 0.25) is 0 Å². The molecule has 0 aromatic heterocycles. The Kier molecular flexibility index (Phi) is 2.98. The van der Waals surface area contributed by atoms with Gasteiger partial charge in [-0.15, -0.1) is 0 Å². The van der Waals surface area contributed by atoms with Gasteiger partial charge >= 0.3 is 6.09 Å². The molecule has 0 aliphatic carbocycles. The van der Waals surface area contributed by atoms with Gasteiger partial charge in [-0.2, -0.15) is 0 Å².